The lowest BCUT2D eigenvalue weighted by atomic mass is 10.2. The van der Waals surface area contributed by atoms with Crippen molar-refractivity contribution in [1.29, 1.82) is 0 Å². The second-order valence-corrected chi connectivity index (χ2v) is 6.89. The van der Waals surface area contributed by atoms with E-state index in [0.29, 0.717) is 5.57 Å². The van der Waals surface area contributed by atoms with E-state index >= 15 is 0 Å². The number of rotatable bonds is 4. The smallest absolute Gasteiger partial charge is 0.328 e. The number of hydrogen-bond acceptors (Lipinski definition) is 5. The van der Waals surface area contributed by atoms with Gasteiger partial charge in [-0.2, -0.15) is 0 Å². The molecule has 108 valence electrons. The van der Waals surface area contributed by atoms with Gasteiger partial charge in [-0.05, 0) is 30.9 Å². The molecule has 0 radical (unpaired) electrons. The minimum Gasteiger partial charge on any atom is -0.489 e. The van der Waals surface area contributed by atoms with Gasteiger partial charge in [-0.15, -0.1) is 22.7 Å². The standard InChI is InChI=1S/C15H13NO3S2/c1-8(5-13(17)18)7-19-11-6-12-14(16-9(2)21-12)15-10(11)3-4-20-15/h3-6H,7H2,1-2H3,(H,17,18). The third kappa shape index (κ3) is 2.77. The minimum absolute atomic E-state index is 0.264. The Labute approximate surface area is 129 Å². The number of carbonyl (C=O) groups is 1. The summed E-state index contributed by atoms with van der Waals surface area (Å²) in [5, 5.41) is 12.8. The van der Waals surface area contributed by atoms with Gasteiger partial charge >= 0.3 is 5.97 Å². The maximum Gasteiger partial charge on any atom is 0.328 e. The topological polar surface area (TPSA) is 59.4 Å². The third-order valence-corrected chi connectivity index (χ3v) is 4.83. The van der Waals surface area contributed by atoms with Gasteiger partial charge in [-0.3, -0.25) is 0 Å². The highest BCUT2D eigenvalue weighted by Crippen LogP contribution is 2.38. The van der Waals surface area contributed by atoms with E-state index in [4.69, 9.17) is 9.84 Å². The fraction of sp³-hybridized carbons (Fsp3) is 0.200. The van der Waals surface area contributed by atoms with Crippen molar-refractivity contribution in [3.63, 3.8) is 0 Å². The van der Waals surface area contributed by atoms with Gasteiger partial charge in [-0.1, -0.05) is 0 Å². The van der Waals surface area contributed by atoms with Gasteiger partial charge in [0.15, 0.2) is 0 Å². The summed E-state index contributed by atoms with van der Waals surface area (Å²) in [7, 11) is 0. The predicted molar refractivity (Wildman–Crippen MR) is 86.6 cm³/mol. The van der Waals surface area contributed by atoms with Crippen LogP contribution in [0.4, 0.5) is 0 Å². The number of aliphatic carboxylic acids is 1. The Kier molecular flexibility index (Phi) is 3.65. The van der Waals surface area contributed by atoms with Crippen LogP contribution < -0.4 is 4.74 Å². The van der Waals surface area contributed by atoms with Crippen molar-refractivity contribution in [2.75, 3.05) is 6.61 Å². The number of benzene rings is 1. The molecule has 0 aliphatic heterocycles. The number of aryl methyl sites for hydroxylation is 1. The molecule has 3 rings (SSSR count). The zero-order valence-corrected chi connectivity index (χ0v) is 13.2. The van der Waals surface area contributed by atoms with Gasteiger partial charge in [0.25, 0.3) is 0 Å². The second-order valence-electron chi connectivity index (χ2n) is 4.74. The van der Waals surface area contributed by atoms with Gasteiger partial charge in [0, 0.05) is 17.5 Å². The molecular formula is C15H13NO3S2. The van der Waals surface area contributed by atoms with E-state index in [2.05, 4.69) is 4.98 Å². The number of thiazole rings is 1. The number of carboxylic acids is 1. The third-order valence-electron chi connectivity index (χ3n) is 2.99. The summed E-state index contributed by atoms with van der Waals surface area (Å²) in [6, 6.07) is 4.00. The van der Waals surface area contributed by atoms with E-state index in [9.17, 15) is 4.79 Å². The molecule has 0 saturated carbocycles. The zero-order valence-electron chi connectivity index (χ0n) is 11.5. The van der Waals surface area contributed by atoms with Crippen LogP contribution >= 0.6 is 22.7 Å². The van der Waals surface area contributed by atoms with Crippen molar-refractivity contribution >= 4 is 48.9 Å². The Balaban J connectivity index is 2.00. The average molecular weight is 319 g/mol. The van der Waals surface area contributed by atoms with Crippen molar-refractivity contribution in [3.8, 4) is 5.75 Å². The van der Waals surface area contributed by atoms with Gasteiger partial charge in [0.2, 0.25) is 0 Å². The van der Waals surface area contributed by atoms with Crippen LogP contribution in [0.15, 0.2) is 29.2 Å². The molecule has 6 heteroatoms. The first-order valence-corrected chi connectivity index (χ1v) is 8.04. The van der Waals surface area contributed by atoms with Crippen LogP contribution in [-0.2, 0) is 4.79 Å². The lowest BCUT2D eigenvalue weighted by molar-refractivity contribution is -0.131. The number of thiophene rings is 1. The summed E-state index contributed by atoms with van der Waals surface area (Å²) >= 11 is 3.28. The first kappa shape index (κ1) is 14.0. The molecule has 0 fully saturated rings. The summed E-state index contributed by atoms with van der Waals surface area (Å²) in [5.41, 5.74) is 1.69. The van der Waals surface area contributed by atoms with Crippen LogP contribution in [0, 0.1) is 6.92 Å². The van der Waals surface area contributed by atoms with Crippen LogP contribution in [0.2, 0.25) is 0 Å². The van der Waals surface area contributed by atoms with Gasteiger partial charge in [0.1, 0.15) is 12.4 Å². The molecule has 0 bridgehead atoms. The molecule has 0 atom stereocenters. The Morgan fingerprint density at radius 3 is 3.10 bits per heavy atom. The Morgan fingerprint density at radius 2 is 2.33 bits per heavy atom. The van der Waals surface area contributed by atoms with Crippen molar-refractivity contribution in [2.45, 2.75) is 13.8 Å². The normalized spacial score (nSPS) is 12.2. The lowest BCUT2D eigenvalue weighted by Gasteiger charge is -2.08. The maximum atomic E-state index is 10.6. The van der Waals surface area contributed by atoms with Crippen LogP contribution in [0.1, 0.15) is 11.9 Å². The first-order valence-electron chi connectivity index (χ1n) is 6.35. The lowest BCUT2D eigenvalue weighted by Crippen LogP contribution is -2.01. The summed E-state index contributed by atoms with van der Waals surface area (Å²) in [6.45, 7) is 4.00. The fourth-order valence-corrected chi connectivity index (χ4v) is 3.98. The van der Waals surface area contributed by atoms with Crippen LogP contribution in [0.3, 0.4) is 0 Å². The number of fused-ring (bicyclic) bond motifs is 3. The molecule has 1 N–H and O–H groups in total. The van der Waals surface area contributed by atoms with Crippen molar-refractivity contribution in [2.24, 2.45) is 0 Å². The molecule has 4 nitrogen and oxygen atoms in total. The molecular weight excluding hydrogens is 306 g/mol. The summed E-state index contributed by atoms with van der Waals surface area (Å²) in [5.74, 6) is -0.175. The molecule has 0 aliphatic rings. The number of carboxylic acid groups (broad SMARTS) is 1. The maximum absolute atomic E-state index is 10.6. The van der Waals surface area contributed by atoms with Crippen LogP contribution in [0.5, 0.6) is 5.75 Å². The predicted octanol–water partition coefficient (Wildman–Crippen LogP) is 4.23. The van der Waals surface area contributed by atoms with E-state index in [-0.39, 0.29) is 6.61 Å². The van der Waals surface area contributed by atoms with Gasteiger partial charge < -0.3 is 9.84 Å². The molecule has 0 aliphatic carbocycles. The quantitative estimate of drug-likeness (QED) is 0.731. The first-order chi connectivity index (χ1) is 10.0. The van der Waals surface area contributed by atoms with Gasteiger partial charge in [-0.25, -0.2) is 9.78 Å². The average Bonchev–Trinajstić information content (AvgIpc) is 2.99. The van der Waals surface area contributed by atoms with Crippen LogP contribution in [0.25, 0.3) is 20.3 Å². The molecule has 0 unspecified atom stereocenters. The monoisotopic (exact) mass is 319 g/mol. The van der Waals surface area contributed by atoms with Crippen molar-refractivity contribution in [1.82, 2.24) is 4.98 Å². The number of hydrogen-bond donors (Lipinski definition) is 1. The van der Waals surface area contributed by atoms with Crippen molar-refractivity contribution in [3.05, 3.63) is 34.2 Å². The Hall–Kier alpha value is -1.92. The van der Waals surface area contributed by atoms with Crippen LogP contribution in [-0.4, -0.2) is 22.7 Å². The van der Waals surface area contributed by atoms with E-state index in [1.807, 2.05) is 24.4 Å². The summed E-state index contributed by atoms with van der Waals surface area (Å²) in [4.78, 5) is 15.2. The van der Waals surface area contributed by atoms with Crippen molar-refractivity contribution < 1.29 is 14.6 Å². The highest BCUT2D eigenvalue weighted by atomic mass is 32.1. The fourth-order valence-electron chi connectivity index (χ4n) is 2.15. The number of aromatic nitrogens is 1. The molecule has 2 aromatic heterocycles. The number of ether oxygens (including phenoxy) is 1. The largest absolute Gasteiger partial charge is 0.489 e. The molecule has 0 amide bonds. The number of nitrogens with zero attached hydrogens (tertiary/aromatic N) is 1. The molecule has 0 spiro atoms. The summed E-state index contributed by atoms with van der Waals surface area (Å²) in [6.07, 6.45) is 1.17. The minimum atomic E-state index is -0.953. The zero-order chi connectivity index (χ0) is 15.0. The van der Waals surface area contributed by atoms with E-state index in [1.54, 1.807) is 29.6 Å². The second kappa shape index (κ2) is 5.46. The Morgan fingerprint density at radius 1 is 1.52 bits per heavy atom. The van der Waals surface area contributed by atoms with E-state index in [1.165, 1.54) is 6.08 Å². The van der Waals surface area contributed by atoms with Gasteiger partial charge in [0.05, 0.1) is 19.9 Å². The molecule has 21 heavy (non-hydrogen) atoms. The molecule has 0 saturated heterocycles. The molecule has 1 aromatic carbocycles. The molecule has 2 heterocycles. The highest BCUT2D eigenvalue weighted by molar-refractivity contribution is 7.21. The summed E-state index contributed by atoms with van der Waals surface area (Å²) < 4.78 is 8.02. The highest BCUT2D eigenvalue weighted by Gasteiger charge is 2.12. The SMILES string of the molecule is CC(=CC(=O)O)COc1cc2sc(C)nc2c2sccc12. The Bertz CT molecular complexity index is 860. The van der Waals surface area contributed by atoms with E-state index < -0.39 is 5.97 Å². The molecule has 3 aromatic rings. The van der Waals surface area contributed by atoms with E-state index in [0.717, 1.165) is 31.1 Å².